The molecule has 2 rings (SSSR count). The number of carbonyl (C=O) groups is 1. The van der Waals surface area contributed by atoms with Gasteiger partial charge in [0.1, 0.15) is 6.17 Å². The van der Waals surface area contributed by atoms with Gasteiger partial charge in [0.15, 0.2) is 11.5 Å². The molecule has 0 saturated carbocycles. The molecule has 0 atom stereocenters. The minimum absolute atomic E-state index is 0.0356. The highest BCUT2D eigenvalue weighted by Crippen LogP contribution is 2.30. The third kappa shape index (κ3) is 3.51. The van der Waals surface area contributed by atoms with Crippen LogP contribution in [0.15, 0.2) is 18.2 Å². The molecular formula is C16H26N4O3. The number of amides is 2. The molecular weight excluding hydrogens is 296 g/mol. The lowest BCUT2D eigenvalue weighted by atomic mass is 10.1. The molecule has 1 aromatic rings. The second kappa shape index (κ2) is 7.06. The highest BCUT2D eigenvalue weighted by molar-refractivity contribution is 5.74. The van der Waals surface area contributed by atoms with E-state index in [0.29, 0.717) is 11.5 Å². The van der Waals surface area contributed by atoms with Crippen LogP contribution in [0.5, 0.6) is 11.5 Å². The smallest absolute Gasteiger partial charge is 0.349 e. The topological polar surface area (TPSA) is 66.1 Å². The molecule has 7 nitrogen and oxygen atoms in total. The standard InChI is InChI=1S/C16H26N4O3/c1-10(2)19-16(21)20(11(3)4)18-15(17-19)12-7-8-13(22-5)14(9-12)23-6/h7-11,15,17-18H,1-6H3. The summed E-state index contributed by atoms with van der Waals surface area (Å²) in [5, 5.41) is 3.27. The maximum atomic E-state index is 12.5. The molecule has 1 aliphatic heterocycles. The maximum Gasteiger partial charge on any atom is 0.349 e. The van der Waals surface area contributed by atoms with E-state index >= 15 is 0 Å². The van der Waals surface area contributed by atoms with Crippen molar-refractivity contribution < 1.29 is 14.3 Å². The zero-order valence-electron chi connectivity index (χ0n) is 14.6. The molecule has 1 heterocycles. The van der Waals surface area contributed by atoms with Crippen LogP contribution in [0, 0.1) is 0 Å². The normalized spacial score (nSPS) is 16.4. The molecule has 0 spiro atoms. The fourth-order valence-corrected chi connectivity index (χ4v) is 2.45. The Labute approximate surface area is 137 Å². The van der Waals surface area contributed by atoms with E-state index in [-0.39, 0.29) is 24.3 Å². The predicted molar refractivity (Wildman–Crippen MR) is 87.9 cm³/mol. The molecule has 0 radical (unpaired) electrons. The van der Waals surface area contributed by atoms with Gasteiger partial charge in [0, 0.05) is 12.1 Å². The van der Waals surface area contributed by atoms with Crippen molar-refractivity contribution in [3.63, 3.8) is 0 Å². The Morgan fingerprint density at radius 3 is 1.91 bits per heavy atom. The van der Waals surface area contributed by atoms with Crippen LogP contribution in [0.3, 0.4) is 0 Å². The highest BCUT2D eigenvalue weighted by atomic mass is 16.5. The van der Waals surface area contributed by atoms with Crippen molar-refractivity contribution in [3.8, 4) is 11.5 Å². The average Bonchev–Trinajstić information content (AvgIpc) is 2.53. The number of hydrazine groups is 2. The summed E-state index contributed by atoms with van der Waals surface area (Å²) in [7, 11) is 3.21. The summed E-state index contributed by atoms with van der Waals surface area (Å²) in [5.74, 6) is 1.32. The quantitative estimate of drug-likeness (QED) is 0.870. The molecule has 2 N–H and O–H groups in total. The van der Waals surface area contributed by atoms with Gasteiger partial charge in [-0.2, -0.15) is 0 Å². The second-order valence-corrected chi connectivity index (χ2v) is 6.02. The zero-order chi connectivity index (χ0) is 17.1. The molecule has 23 heavy (non-hydrogen) atoms. The summed E-state index contributed by atoms with van der Waals surface area (Å²) in [6.07, 6.45) is -0.239. The molecule has 0 unspecified atom stereocenters. The van der Waals surface area contributed by atoms with E-state index in [1.165, 1.54) is 0 Å². The number of nitrogens with zero attached hydrogens (tertiary/aromatic N) is 2. The number of carbonyl (C=O) groups excluding carboxylic acids is 1. The Kier molecular flexibility index (Phi) is 5.33. The Hall–Kier alpha value is -1.99. The van der Waals surface area contributed by atoms with Crippen LogP contribution in [0.25, 0.3) is 0 Å². The molecule has 1 fully saturated rings. The van der Waals surface area contributed by atoms with E-state index in [1.807, 2.05) is 45.9 Å². The SMILES string of the molecule is COc1ccc(C2NN(C(C)C)C(=O)N(C(C)C)N2)cc1OC. The molecule has 0 aliphatic carbocycles. The Balaban J connectivity index is 2.32. The van der Waals surface area contributed by atoms with E-state index < -0.39 is 0 Å². The Morgan fingerprint density at radius 1 is 0.957 bits per heavy atom. The minimum Gasteiger partial charge on any atom is -0.493 e. The van der Waals surface area contributed by atoms with Gasteiger partial charge < -0.3 is 9.47 Å². The Bertz CT molecular complexity index is 542. The molecule has 2 amide bonds. The summed E-state index contributed by atoms with van der Waals surface area (Å²) in [6.45, 7) is 7.89. The lowest BCUT2D eigenvalue weighted by molar-refractivity contribution is 0.00374. The highest BCUT2D eigenvalue weighted by Gasteiger charge is 2.34. The number of methoxy groups -OCH3 is 2. The van der Waals surface area contributed by atoms with Crippen molar-refractivity contribution in [2.75, 3.05) is 14.2 Å². The third-order valence-corrected chi connectivity index (χ3v) is 3.72. The van der Waals surface area contributed by atoms with E-state index in [2.05, 4.69) is 10.9 Å². The van der Waals surface area contributed by atoms with Crippen molar-refractivity contribution in [2.45, 2.75) is 45.9 Å². The number of urea groups is 1. The van der Waals surface area contributed by atoms with Crippen LogP contribution < -0.4 is 20.3 Å². The van der Waals surface area contributed by atoms with Crippen LogP contribution in [0.1, 0.15) is 39.4 Å². The van der Waals surface area contributed by atoms with Gasteiger partial charge >= 0.3 is 6.03 Å². The molecule has 1 saturated heterocycles. The molecule has 7 heteroatoms. The number of ether oxygens (including phenoxy) is 2. The van der Waals surface area contributed by atoms with Gasteiger partial charge in [-0.15, -0.1) is 0 Å². The molecule has 0 aromatic heterocycles. The van der Waals surface area contributed by atoms with Crippen molar-refractivity contribution in [3.05, 3.63) is 23.8 Å². The summed E-state index contributed by atoms with van der Waals surface area (Å²) in [4.78, 5) is 12.5. The van der Waals surface area contributed by atoms with Crippen molar-refractivity contribution in [1.29, 1.82) is 0 Å². The number of hydrogen-bond donors (Lipinski definition) is 2. The van der Waals surface area contributed by atoms with Crippen LogP contribution in [-0.4, -0.2) is 42.4 Å². The lowest BCUT2D eigenvalue weighted by Gasteiger charge is -2.44. The fraction of sp³-hybridized carbons (Fsp3) is 0.562. The number of hydrogen-bond acceptors (Lipinski definition) is 5. The van der Waals surface area contributed by atoms with E-state index in [9.17, 15) is 4.79 Å². The molecule has 0 bridgehead atoms. The minimum atomic E-state index is -0.239. The second-order valence-electron chi connectivity index (χ2n) is 6.02. The number of nitrogens with one attached hydrogen (secondary N) is 2. The first-order valence-electron chi connectivity index (χ1n) is 7.75. The van der Waals surface area contributed by atoms with Gasteiger partial charge in [-0.1, -0.05) is 6.07 Å². The largest absolute Gasteiger partial charge is 0.493 e. The van der Waals surface area contributed by atoms with E-state index in [1.54, 1.807) is 24.2 Å². The van der Waals surface area contributed by atoms with Crippen molar-refractivity contribution in [1.82, 2.24) is 20.9 Å². The first-order valence-corrected chi connectivity index (χ1v) is 7.75. The third-order valence-electron chi connectivity index (χ3n) is 3.72. The summed E-state index contributed by atoms with van der Waals surface area (Å²) < 4.78 is 10.6. The van der Waals surface area contributed by atoms with Gasteiger partial charge in [0.05, 0.1) is 14.2 Å². The van der Waals surface area contributed by atoms with Crippen LogP contribution >= 0.6 is 0 Å². The Morgan fingerprint density at radius 2 is 1.48 bits per heavy atom. The van der Waals surface area contributed by atoms with Gasteiger partial charge in [-0.3, -0.25) is 10.0 Å². The zero-order valence-corrected chi connectivity index (χ0v) is 14.6. The average molecular weight is 322 g/mol. The predicted octanol–water partition coefficient (Wildman–Crippen LogP) is 2.27. The van der Waals surface area contributed by atoms with Crippen molar-refractivity contribution >= 4 is 6.03 Å². The molecule has 1 aliphatic rings. The van der Waals surface area contributed by atoms with Gasteiger partial charge in [0.25, 0.3) is 0 Å². The lowest BCUT2D eigenvalue weighted by Crippen LogP contribution is -2.67. The summed E-state index contributed by atoms with van der Waals surface area (Å²) >= 11 is 0. The molecule has 1 aromatic carbocycles. The van der Waals surface area contributed by atoms with Gasteiger partial charge in [-0.25, -0.2) is 15.6 Å². The first-order chi connectivity index (χ1) is 10.9. The fourth-order valence-electron chi connectivity index (χ4n) is 2.45. The van der Waals surface area contributed by atoms with E-state index in [4.69, 9.17) is 9.47 Å². The van der Waals surface area contributed by atoms with Gasteiger partial charge in [0.2, 0.25) is 0 Å². The van der Waals surface area contributed by atoms with Crippen LogP contribution in [0.4, 0.5) is 4.79 Å². The summed E-state index contributed by atoms with van der Waals surface area (Å²) in [6, 6.07) is 5.68. The first kappa shape index (κ1) is 17.4. The molecule has 128 valence electrons. The van der Waals surface area contributed by atoms with E-state index in [0.717, 1.165) is 5.56 Å². The van der Waals surface area contributed by atoms with Crippen molar-refractivity contribution in [2.24, 2.45) is 0 Å². The van der Waals surface area contributed by atoms with Crippen LogP contribution in [0.2, 0.25) is 0 Å². The summed E-state index contributed by atoms with van der Waals surface area (Å²) in [5.41, 5.74) is 7.40. The van der Waals surface area contributed by atoms with Gasteiger partial charge in [-0.05, 0) is 45.4 Å². The maximum absolute atomic E-state index is 12.5. The number of rotatable bonds is 5. The number of benzene rings is 1. The van der Waals surface area contributed by atoms with Crippen LogP contribution in [-0.2, 0) is 0 Å². The monoisotopic (exact) mass is 322 g/mol.